The highest BCUT2D eigenvalue weighted by Crippen LogP contribution is 2.36. The highest BCUT2D eigenvalue weighted by molar-refractivity contribution is 8.00. The Kier molecular flexibility index (Phi) is 5.74. The molecule has 0 radical (unpaired) electrons. The third kappa shape index (κ3) is 5.03. The summed E-state index contributed by atoms with van der Waals surface area (Å²) in [6.07, 6.45) is 1.92. The minimum atomic E-state index is -4.38. The lowest BCUT2D eigenvalue weighted by atomic mass is 10.1. The molecular formula is C19H17F3N2O2S. The molecule has 1 saturated heterocycles. The Morgan fingerprint density at radius 3 is 2.22 bits per heavy atom. The summed E-state index contributed by atoms with van der Waals surface area (Å²) < 4.78 is 37.2. The number of nitrogens with zero attached hydrogens (tertiary/aromatic N) is 1. The van der Waals surface area contributed by atoms with Gasteiger partial charge in [-0.2, -0.15) is 13.2 Å². The molecular weight excluding hydrogens is 377 g/mol. The van der Waals surface area contributed by atoms with Gasteiger partial charge in [0.1, 0.15) is 0 Å². The van der Waals surface area contributed by atoms with E-state index in [0.717, 1.165) is 12.8 Å². The SMILES string of the molecule is O=C(Nc1ccccc1C(=O)N1CCCC1)c1ccc(SC(F)(F)F)cc1. The van der Waals surface area contributed by atoms with Gasteiger partial charge in [0.15, 0.2) is 0 Å². The van der Waals surface area contributed by atoms with Crippen LogP contribution in [0.15, 0.2) is 53.4 Å². The number of carbonyl (C=O) groups excluding carboxylic acids is 2. The smallest absolute Gasteiger partial charge is 0.339 e. The van der Waals surface area contributed by atoms with Crippen LogP contribution in [-0.4, -0.2) is 35.3 Å². The maximum atomic E-state index is 12.6. The molecule has 0 aromatic heterocycles. The molecule has 2 aromatic rings. The Morgan fingerprint density at radius 1 is 0.963 bits per heavy atom. The van der Waals surface area contributed by atoms with Gasteiger partial charge in [0.25, 0.3) is 11.8 Å². The quantitative estimate of drug-likeness (QED) is 0.759. The van der Waals surface area contributed by atoms with E-state index in [-0.39, 0.29) is 28.1 Å². The Labute approximate surface area is 158 Å². The minimum Gasteiger partial charge on any atom is -0.339 e. The number of para-hydroxylation sites is 1. The first kappa shape index (κ1) is 19.3. The van der Waals surface area contributed by atoms with Crippen molar-refractivity contribution in [2.45, 2.75) is 23.2 Å². The van der Waals surface area contributed by atoms with E-state index in [9.17, 15) is 22.8 Å². The van der Waals surface area contributed by atoms with Crippen molar-refractivity contribution in [3.8, 4) is 0 Å². The number of alkyl halides is 3. The molecule has 1 heterocycles. The van der Waals surface area contributed by atoms with Crippen LogP contribution in [-0.2, 0) is 0 Å². The third-order valence-corrected chi connectivity index (χ3v) is 4.89. The topological polar surface area (TPSA) is 49.4 Å². The zero-order valence-corrected chi connectivity index (χ0v) is 15.1. The second-order valence-corrected chi connectivity index (χ2v) is 7.21. The molecule has 1 N–H and O–H groups in total. The van der Waals surface area contributed by atoms with E-state index >= 15 is 0 Å². The largest absolute Gasteiger partial charge is 0.446 e. The summed E-state index contributed by atoms with van der Waals surface area (Å²) in [7, 11) is 0. The number of hydrogen-bond acceptors (Lipinski definition) is 3. The number of likely N-dealkylation sites (tertiary alicyclic amines) is 1. The van der Waals surface area contributed by atoms with Gasteiger partial charge < -0.3 is 10.2 Å². The molecule has 1 fully saturated rings. The Morgan fingerprint density at radius 2 is 1.59 bits per heavy atom. The Hall–Kier alpha value is -2.48. The fourth-order valence-electron chi connectivity index (χ4n) is 2.87. The normalized spacial score (nSPS) is 14.3. The van der Waals surface area contributed by atoms with Crippen LogP contribution >= 0.6 is 11.8 Å². The number of rotatable bonds is 4. The molecule has 2 amide bonds. The van der Waals surface area contributed by atoms with Crippen molar-refractivity contribution < 1.29 is 22.8 Å². The zero-order valence-electron chi connectivity index (χ0n) is 14.3. The molecule has 142 valence electrons. The summed E-state index contributed by atoms with van der Waals surface area (Å²) in [5, 5.41) is 2.68. The highest BCUT2D eigenvalue weighted by atomic mass is 32.2. The van der Waals surface area contributed by atoms with Crippen molar-refractivity contribution >= 4 is 29.3 Å². The van der Waals surface area contributed by atoms with Crippen LogP contribution in [0.4, 0.5) is 18.9 Å². The maximum absolute atomic E-state index is 12.6. The van der Waals surface area contributed by atoms with Crippen LogP contribution in [0, 0.1) is 0 Å². The van der Waals surface area contributed by atoms with Crippen LogP contribution in [0.2, 0.25) is 0 Å². The molecule has 1 aliphatic heterocycles. The lowest BCUT2D eigenvalue weighted by molar-refractivity contribution is -0.0328. The number of hydrogen-bond donors (Lipinski definition) is 1. The second-order valence-electron chi connectivity index (χ2n) is 6.07. The van der Waals surface area contributed by atoms with E-state index in [0.29, 0.717) is 24.3 Å². The van der Waals surface area contributed by atoms with Crippen LogP contribution in [0.3, 0.4) is 0 Å². The fraction of sp³-hybridized carbons (Fsp3) is 0.263. The van der Waals surface area contributed by atoms with Crippen LogP contribution in [0.5, 0.6) is 0 Å². The first-order chi connectivity index (χ1) is 12.8. The Bertz CT molecular complexity index is 832. The summed E-state index contributed by atoms with van der Waals surface area (Å²) in [4.78, 5) is 26.8. The zero-order chi connectivity index (χ0) is 19.4. The number of halogens is 3. The van der Waals surface area contributed by atoms with E-state index in [4.69, 9.17) is 0 Å². The highest BCUT2D eigenvalue weighted by Gasteiger charge is 2.29. The molecule has 3 rings (SSSR count). The maximum Gasteiger partial charge on any atom is 0.446 e. The van der Waals surface area contributed by atoms with Crippen LogP contribution in [0.1, 0.15) is 33.6 Å². The van der Waals surface area contributed by atoms with Crippen molar-refractivity contribution in [3.05, 3.63) is 59.7 Å². The number of benzene rings is 2. The standard InChI is InChI=1S/C19H17F3N2O2S/c20-19(21,22)27-14-9-7-13(8-10-14)17(25)23-16-6-2-1-5-15(16)18(26)24-11-3-4-12-24/h1-2,5-10H,3-4,11-12H2,(H,23,25). The van der Waals surface area contributed by atoms with Crippen LogP contribution < -0.4 is 5.32 Å². The lowest BCUT2D eigenvalue weighted by Crippen LogP contribution is -2.28. The molecule has 2 aromatic carbocycles. The van der Waals surface area contributed by atoms with Gasteiger partial charge in [-0.05, 0) is 61.0 Å². The number of carbonyl (C=O) groups is 2. The molecule has 0 aliphatic carbocycles. The first-order valence-electron chi connectivity index (χ1n) is 8.39. The summed E-state index contributed by atoms with van der Waals surface area (Å²) in [5.41, 5.74) is -3.38. The molecule has 8 heteroatoms. The van der Waals surface area contributed by atoms with Gasteiger partial charge in [0.05, 0.1) is 11.3 Å². The van der Waals surface area contributed by atoms with Gasteiger partial charge in [-0.1, -0.05) is 12.1 Å². The molecule has 0 saturated carbocycles. The third-order valence-electron chi connectivity index (χ3n) is 4.15. The number of thioether (sulfide) groups is 1. The average Bonchev–Trinajstić information content (AvgIpc) is 3.15. The van der Waals surface area contributed by atoms with Gasteiger partial charge in [-0.25, -0.2) is 0 Å². The summed E-state index contributed by atoms with van der Waals surface area (Å²) in [5.74, 6) is -0.624. The molecule has 0 bridgehead atoms. The predicted molar refractivity (Wildman–Crippen MR) is 97.9 cm³/mol. The summed E-state index contributed by atoms with van der Waals surface area (Å²) in [6, 6.07) is 11.9. The van der Waals surface area contributed by atoms with Crippen molar-refractivity contribution in [1.29, 1.82) is 0 Å². The van der Waals surface area contributed by atoms with Gasteiger partial charge in [-0.15, -0.1) is 0 Å². The van der Waals surface area contributed by atoms with E-state index in [2.05, 4.69) is 5.32 Å². The second kappa shape index (κ2) is 8.04. The average molecular weight is 394 g/mol. The van der Waals surface area contributed by atoms with Gasteiger partial charge in [0, 0.05) is 23.5 Å². The molecule has 0 unspecified atom stereocenters. The first-order valence-corrected chi connectivity index (χ1v) is 9.20. The van der Waals surface area contributed by atoms with Crippen molar-refractivity contribution in [2.24, 2.45) is 0 Å². The van der Waals surface area contributed by atoms with Gasteiger partial charge >= 0.3 is 5.51 Å². The molecule has 0 atom stereocenters. The fourth-order valence-corrected chi connectivity index (χ4v) is 3.41. The van der Waals surface area contributed by atoms with E-state index < -0.39 is 11.4 Å². The molecule has 0 spiro atoms. The van der Waals surface area contributed by atoms with Crippen LogP contribution in [0.25, 0.3) is 0 Å². The van der Waals surface area contributed by atoms with E-state index in [1.165, 1.54) is 24.3 Å². The number of amides is 2. The van der Waals surface area contributed by atoms with Crippen molar-refractivity contribution in [3.63, 3.8) is 0 Å². The summed E-state index contributed by atoms with van der Waals surface area (Å²) in [6.45, 7) is 1.39. The van der Waals surface area contributed by atoms with Crippen molar-refractivity contribution in [1.82, 2.24) is 4.90 Å². The molecule has 27 heavy (non-hydrogen) atoms. The minimum absolute atomic E-state index is 0.00339. The van der Waals surface area contributed by atoms with Crippen molar-refractivity contribution in [2.75, 3.05) is 18.4 Å². The predicted octanol–water partition coefficient (Wildman–Crippen LogP) is 4.79. The number of nitrogens with one attached hydrogen (secondary N) is 1. The Balaban J connectivity index is 1.73. The lowest BCUT2D eigenvalue weighted by Gasteiger charge is -2.18. The molecule has 4 nitrogen and oxygen atoms in total. The van der Waals surface area contributed by atoms with Gasteiger partial charge in [0.2, 0.25) is 0 Å². The monoisotopic (exact) mass is 394 g/mol. The van der Waals surface area contributed by atoms with E-state index in [1.54, 1.807) is 29.2 Å². The van der Waals surface area contributed by atoms with E-state index in [1.807, 2.05) is 0 Å². The number of anilines is 1. The van der Waals surface area contributed by atoms with Gasteiger partial charge in [-0.3, -0.25) is 9.59 Å². The summed E-state index contributed by atoms with van der Waals surface area (Å²) >= 11 is -0.236. The molecule has 1 aliphatic rings.